The molecule has 4 rings (SSSR count). The van der Waals surface area contributed by atoms with Gasteiger partial charge in [0.2, 0.25) is 0 Å². The van der Waals surface area contributed by atoms with E-state index in [0.717, 1.165) is 19.3 Å². The maximum Gasteiger partial charge on any atom is 0.118 e. The van der Waals surface area contributed by atoms with Gasteiger partial charge in [-0.3, -0.25) is 0 Å². The van der Waals surface area contributed by atoms with Gasteiger partial charge in [0.1, 0.15) is 5.75 Å². The number of benzene rings is 3. The highest BCUT2D eigenvalue weighted by Crippen LogP contribution is 2.23. The second-order valence-corrected chi connectivity index (χ2v) is 9.56. The molecule has 3 heteroatoms. The predicted molar refractivity (Wildman–Crippen MR) is 152 cm³/mol. The number of hydrogen-bond donors (Lipinski definition) is 2. The van der Waals surface area contributed by atoms with Crippen LogP contribution in [-0.4, -0.2) is 31.4 Å². The molecule has 2 N–H and O–H groups in total. The van der Waals surface area contributed by atoms with Crippen molar-refractivity contribution in [3.8, 4) is 5.75 Å². The van der Waals surface area contributed by atoms with Crippen molar-refractivity contribution >= 4 is 0 Å². The first-order valence-electron chi connectivity index (χ1n) is 12.8. The highest BCUT2D eigenvalue weighted by atomic mass is 16.5. The monoisotopic (exact) mass is 477 g/mol. The minimum absolute atomic E-state index is 0.444. The van der Waals surface area contributed by atoms with E-state index in [1.807, 2.05) is 12.1 Å². The molecule has 0 radical (unpaired) electrons. The minimum atomic E-state index is 0.444. The second-order valence-electron chi connectivity index (χ2n) is 9.56. The van der Waals surface area contributed by atoms with Crippen molar-refractivity contribution in [2.75, 3.05) is 20.8 Å². The van der Waals surface area contributed by atoms with Crippen LogP contribution in [0.4, 0.5) is 0 Å². The molecule has 3 aromatic rings. The van der Waals surface area contributed by atoms with Crippen LogP contribution in [0.1, 0.15) is 75.1 Å². The molecule has 0 spiro atoms. The maximum absolute atomic E-state index is 7.00. The van der Waals surface area contributed by atoms with Crippen LogP contribution in [0.25, 0.3) is 0 Å². The maximum atomic E-state index is 7.00. The fourth-order valence-electron chi connectivity index (χ4n) is 3.92. The summed E-state index contributed by atoms with van der Waals surface area (Å²) in [5.74, 6) is 1.41. The second kappa shape index (κ2) is 16.9. The first-order valence-corrected chi connectivity index (χ1v) is 12.8. The number of aryl methyl sites for hydroxylation is 2. The number of aliphatic hydroxyl groups is 1. The van der Waals surface area contributed by atoms with E-state index in [0.29, 0.717) is 11.5 Å². The third kappa shape index (κ3) is 12.1. The van der Waals surface area contributed by atoms with Gasteiger partial charge >= 0.3 is 0 Å². The van der Waals surface area contributed by atoms with Crippen LogP contribution in [0, 0.1) is 6.92 Å². The van der Waals surface area contributed by atoms with Gasteiger partial charge in [-0.1, -0.05) is 92.6 Å². The Morgan fingerprint density at radius 2 is 1.46 bits per heavy atom. The Balaban J connectivity index is 0.000000269. The van der Waals surface area contributed by atoms with Gasteiger partial charge < -0.3 is 15.2 Å². The van der Waals surface area contributed by atoms with Crippen molar-refractivity contribution in [2.45, 2.75) is 71.8 Å². The molecular formula is C32H47NO2. The minimum Gasteiger partial charge on any atom is -0.497 e. The van der Waals surface area contributed by atoms with Crippen LogP contribution in [0.5, 0.6) is 5.75 Å². The molecule has 0 amide bonds. The van der Waals surface area contributed by atoms with Gasteiger partial charge in [0.25, 0.3) is 0 Å². The lowest BCUT2D eigenvalue weighted by atomic mass is 9.93. The molecule has 3 nitrogen and oxygen atoms in total. The average Bonchev–Trinajstić information content (AvgIpc) is 3.31. The molecule has 1 aliphatic heterocycles. The van der Waals surface area contributed by atoms with Crippen molar-refractivity contribution in [1.29, 1.82) is 0 Å². The Labute approximate surface area is 214 Å². The van der Waals surface area contributed by atoms with E-state index < -0.39 is 0 Å². The highest BCUT2D eigenvalue weighted by molar-refractivity contribution is 5.33. The van der Waals surface area contributed by atoms with E-state index in [-0.39, 0.29) is 0 Å². The lowest BCUT2D eigenvalue weighted by molar-refractivity contribution is 0.399. The fraction of sp³-hybridized carbons (Fsp3) is 0.438. The standard InChI is InChI=1S/C15H16.C10H14O.C6H13N.CH4O/c1-12-8-10-15(11-9-12)13(2)14-6-4-3-5-7-14;1-3-4-9-5-7-10(11-2)8-6-9;1-6(2)4-3-5-7-6;1-2/h3-11,13H,1-2H3;5-8H,3-4H2,1-2H3;7H,3-5H2,1-2H3;2H,1H3. The molecule has 1 saturated heterocycles. The zero-order valence-corrected chi connectivity index (χ0v) is 23.0. The average molecular weight is 478 g/mol. The lowest BCUT2D eigenvalue weighted by Gasteiger charge is -2.15. The normalized spacial score (nSPS) is 14.2. The molecule has 1 heterocycles. The van der Waals surface area contributed by atoms with Gasteiger partial charge in [-0.05, 0) is 75.4 Å². The van der Waals surface area contributed by atoms with E-state index in [1.54, 1.807) is 7.11 Å². The fourth-order valence-corrected chi connectivity index (χ4v) is 3.92. The van der Waals surface area contributed by atoms with E-state index >= 15 is 0 Å². The molecule has 0 saturated carbocycles. The summed E-state index contributed by atoms with van der Waals surface area (Å²) in [6.07, 6.45) is 5.05. The smallest absolute Gasteiger partial charge is 0.118 e. The first kappa shape index (κ1) is 30.4. The van der Waals surface area contributed by atoms with E-state index in [1.165, 1.54) is 48.1 Å². The molecule has 0 aliphatic carbocycles. The molecule has 1 fully saturated rings. The Morgan fingerprint density at radius 3 is 1.89 bits per heavy atom. The largest absolute Gasteiger partial charge is 0.497 e. The van der Waals surface area contributed by atoms with Crippen LogP contribution < -0.4 is 10.1 Å². The molecule has 1 atom stereocenters. The topological polar surface area (TPSA) is 41.5 Å². The number of ether oxygens (including phenoxy) is 1. The SMILES string of the molecule is CC1(C)CCCN1.CCCc1ccc(OC)cc1.CO.Cc1ccc(C(C)c2ccccc2)cc1. The zero-order valence-electron chi connectivity index (χ0n) is 23.0. The van der Waals surface area contributed by atoms with Crippen molar-refractivity contribution in [2.24, 2.45) is 0 Å². The number of rotatable bonds is 5. The highest BCUT2D eigenvalue weighted by Gasteiger charge is 2.20. The lowest BCUT2D eigenvalue weighted by Crippen LogP contribution is -2.31. The molecule has 0 aromatic heterocycles. The number of methoxy groups -OCH3 is 1. The van der Waals surface area contributed by atoms with E-state index in [9.17, 15) is 0 Å². The van der Waals surface area contributed by atoms with Crippen LogP contribution in [0.2, 0.25) is 0 Å². The van der Waals surface area contributed by atoms with Gasteiger partial charge in [-0.25, -0.2) is 0 Å². The number of nitrogens with one attached hydrogen (secondary N) is 1. The molecular weight excluding hydrogens is 430 g/mol. The van der Waals surface area contributed by atoms with Crippen LogP contribution in [0.15, 0.2) is 78.9 Å². The molecule has 3 aromatic carbocycles. The predicted octanol–water partition coefficient (Wildman–Crippen LogP) is 7.55. The van der Waals surface area contributed by atoms with E-state index in [2.05, 4.69) is 107 Å². The van der Waals surface area contributed by atoms with Crippen LogP contribution >= 0.6 is 0 Å². The van der Waals surface area contributed by atoms with Gasteiger partial charge in [-0.2, -0.15) is 0 Å². The summed E-state index contributed by atoms with van der Waals surface area (Å²) in [7, 11) is 2.69. The summed E-state index contributed by atoms with van der Waals surface area (Å²) in [6, 6.07) is 27.6. The summed E-state index contributed by atoms with van der Waals surface area (Å²) in [5.41, 5.74) is 5.90. The summed E-state index contributed by atoms with van der Waals surface area (Å²) in [4.78, 5) is 0. The molecule has 1 aliphatic rings. The Morgan fingerprint density at radius 1 is 0.886 bits per heavy atom. The summed E-state index contributed by atoms with van der Waals surface area (Å²) in [6.45, 7) is 12.3. The Hall–Kier alpha value is -2.62. The Bertz CT molecular complexity index is 895. The number of hydrogen-bond acceptors (Lipinski definition) is 3. The van der Waals surface area contributed by atoms with Crippen LogP contribution in [-0.2, 0) is 6.42 Å². The zero-order chi connectivity index (χ0) is 26.1. The summed E-state index contributed by atoms with van der Waals surface area (Å²) >= 11 is 0. The number of aliphatic hydroxyl groups excluding tert-OH is 1. The quantitative estimate of drug-likeness (QED) is 0.398. The summed E-state index contributed by atoms with van der Waals surface area (Å²) < 4.78 is 5.05. The van der Waals surface area contributed by atoms with Crippen LogP contribution in [0.3, 0.4) is 0 Å². The van der Waals surface area contributed by atoms with Crippen molar-refractivity contribution < 1.29 is 9.84 Å². The van der Waals surface area contributed by atoms with Gasteiger partial charge in [-0.15, -0.1) is 0 Å². The van der Waals surface area contributed by atoms with Gasteiger partial charge in [0.15, 0.2) is 0 Å². The molecule has 1 unspecified atom stereocenters. The van der Waals surface area contributed by atoms with Crippen molar-refractivity contribution in [1.82, 2.24) is 5.32 Å². The van der Waals surface area contributed by atoms with E-state index in [4.69, 9.17) is 9.84 Å². The van der Waals surface area contributed by atoms with Gasteiger partial charge in [0.05, 0.1) is 7.11 Å². The van der Waals surface area contributed by atoms with Crippen molar-refractivity contribution in [3.05, 3.63) is 101 Å². The Kier molecular flexibility index (Phi) is 14.7. The molecule has 0 bridgehead atoms. The van der Waals surface area contributed by atoms with Crippen molar-refractivity contribution in [3.63, 3.8) is 0 Å². The summed E-state index contributed by atoms with van der Waals surface area (Å²) in [5, 5.41) is 10.4. The van der Waals surface area contributed by atoms with Gasteiger partial charge in [0, 0.05) is 18.6 Å². The third-order valence-electron chi connectivity index (χ3n) is 6.16. The molecule has 192 valence electrons. The third-order valence-corrected chi connectivity index (χ3v) is 6.16. The molecule has 35 heavy (non-hydrogen) atoms. The first-order chi connectivity index (χ1) is 16.8.